The predicted molar refractivity (Wildman–Crippen MR) is 114 cm³/mol. The molecule has 0 radical (unpaired) electrons. The van der Waals surface area contributed by atoms with Crippen LogP contribution in [0.3, 0.4) is 0 Å². The van der Waals surface area contributed by atoms with Gasteiger partial charge in [0.1, 0.15) is 5.69 Å². The number of rotatable bonds is 6. The molecule has 152 valence electrons. The fourth-order valence-electron chi connectivity index (χ4n) is 2.66. The molecule has 0 aliphatic rings. The standard InChI is InChI=1S/C21H25N5O2S/c1-14(27)22-11-16-13-29-20(23-16)24-19(28)17-10-18(21(2,3)4)25-26(17)12-15-8-6-5-7-9-15/h5-10,13H,11-12H2,1-4H3,(H,22,27)(H,23,24,28). The first-order valence-corrected chi connectivity index (χ1v) is 10.2. The van der Waals surface area contributed by atoms with Crippen LogP contribution in [-0.2, 0) is 23.3 Å². The van der Waals surface area contributed by atoms with Crippen molar-refractivity contribution in [2.75, 3.05) is 5.32 Å². The Morgan fingerprint density at radius 2 is 1.90 bits per heavy atom. The van der Waals surface area contributed by atoms with E-state index < -0.39 is 0 Å². The van der Waals surface area contributed by atoms with Gasteiger partial charge in [0, 0.05) is 17.7 Å². The van der Waals surface area contributed by atoms with Gasteiger partial charge in [-0.2, -0.15) is 5.10 Å². The highest BCUT2D eigenvalue weighted by atomic mass is 32.1. The molecular formula is C21H25N5O2S. The van der Waals surface area contributed by atoms with Crippen LogP contribution < -0.4 is 10.6 Å². The molecule has 2 amide bonds. The van der Waals surface area contributed by atoms with Crippen molar-refractivity contribution in [3.05, 3.63) is 64.4 Å². The molecule has 29 heavy (non-hydrogen) atoms. The van der Waals surface area contributed by atoms with Crippen molar-refractivity contribution in [2.45, 2.75) is 46.2 Å². The Balaban J connectivity index is 1.81. The second kappa shape index (κ2) is 8.57. The van der Waals surface area contributed by atoms with Crippen molar-refractivity contribution in [3.8, 4) is 0 Å². The summed E-state index contributed by atoms with van der Waals surface area (Å²) in [6.45, 7) is 8.50. The van der Waals surface area contributed by atoms with Gasteiger partial charge in [-0.15, -0.1) is 11.3 Å². The Hall–Kier alpha value is -3.00. The number of anilines is 1. The average molecular weight is 412 g/mol. The molecule has 0 saturated carbocycles. The number of nitrogens with one attached hydrogen (secondary N) is 2. The topological polar surface area (TPSA) is 88.9 Å². The molecule has 8 heteroatoms. The van der Waals surface area contributed by atoms with Crippen LogP contribution in [0.25, 0.3) is 0 Å². The van der Waals surface area contributed by atoms with Gasteiger partial charge in [0.2, 0.25) is 5.91 Å². The SMILES string of the molecule is CC(=O)NCc1csc(NC(=O)c2cc(C(C)(C)C)nn2Cc2ccccc2)n1. The number of carbonyl (C=O) groups excluding carboxylic acids is 2. The van der Waals surface area contributed by atoms with Gasteiger partial charge in [0.15, 0.2) is 5.13 Å². The molecule has 2 heterocycles. The van der Waals surface area contributed by atoms with Crippen LogP contribution in [0.15, 0.2) is 41.8 Å². The lowest BCUT2D eigenvalue weighted by molar-refractivity contribution is -0.119. The Morgan fingerprint density at radius 1 is 1.17 bits per heavy atom. The van der Waals surface area contributed by atoms with Crippen LogP contribution in [0.4, 0.5) is 5.13 Å². The Kier molecular flexibility index (Phi) is 6.12. The maximum absolute atomic E-state index is 13.0. The quantitative estimate of drug-likeness (QED) is 0.649. The van der Waals surface area contributed by atoms with E-state index in [1.807, 2.05) is 41.8 Å². The summed E-state index contributed by atoms with van der Waals surface area (Å²) in [5.41, 5.74) is 2.93. The molecule has 0 atom stereocenters. The second-order valence-electron chi connectivity index (χ2n) is 7.82. The molecule has 1 aromatic carbocycles. The number of hydrogen-bond donors (Lipinski definition) is 2. The Labute approximate surface area is 174 Å². The molecular weight excluding hydrogens is 386 g/mol. The number of carbonyl (C=O) groups is 2. The zero-order valence-corrected chi connectivity index (χ0v) is 17.8. The summed E-state index contributed by atoms with van der Waals surface area (Å²) < 4.78 is 1.73. The first-order valence-electron chi connectivity index (χ1n) is 9.35. The van der Waals surface area contributed by atoms with Crippen molar-refractivity contribution >= 4 is 28.3 Å². The highest BCUT2D eigenvalue weighted by molar-refractivity contribution is 7.13. The van der Waals surface area contributed by atoms with Gasteiger partial charge in [0.05, 0.1) is 24.5 Å². The molecule has 3 rings (SSSR count). The van der Waals surface area contributed by atoms with E-state index in [1.165, 1.54) is 18.3 Å². The van der Waals surface area contributed by atoms with Crippen LogP contribution in [0.2, 0.25) is 0 Å². The van der Waals surface area contributed by atoms with E-state index in [0.717, 1.165) is 11.3 Å². The van der Waals surface area contributed by atoms with Crippen molar-refractivity contribution in [1.29, 1.82) is 0 Å². The molecule has 0 fully saturated rings. The highest BCUT2D eigenvalue weighted by Crippen LogP contribution is 2.23. The van der Waals surface area contributed by atoms with Gasteiger partial charge in [-0.25, -0.2) is 4.98 Å². The molecule has 3 aromatic rings. The van der Waals surface area contributed by atoms with Crippen LogP contribution >= 0.6 is 11.3 Å². The molecule has 0 unspecified atom stereocenters. The lowest BCUT2D eigenvalue weighted by Crippen LogP contribution is -2.20. The van der Waals surface area contributed by atoms with E-state index >= 15 is 0 Å². The summed E-state index contributed by atoms with van der Waals surface area (Å²) in [5.74, 6) is -0.382. The van der Waals surface area contributed by atoms with E-state index in [9.17, 15) is 9.59 Å². The summed E-state index contributed by atoms with van der Waals surface area (Å²) in [6, 6.07) is 11.8. The van der Waals surface area contributed by atoms with Gasteiger partial charge >= 0.3 is 0 Å². The fourth-order valence-corrected chi connectivity index (χ4v) is 3.37. The number of amides is 2. The third kappa shape index (κ3) is 5.51. The molecule has 0 spiro atoms. The molecule has 2 N–H and O–H groups in total. The minimum Gasteiger partial charge on any atom is -0.351 e. The van der Waals surface area contributed by atoms with Gasteiger partial charge in [-0.1, -0.05) is 51.1 Å². The molecule has 0 aliphatic heterocycles. The second-order valence-corrected chi connectivity index (χ2v) is 8.67. The van der Waals surface area contributed by atoms with E-state index in [2.05, 4.69) is 41.5 Å². The number of hydrogen-bond acceptors (Lipinski definition) is 5. The van der Waals surface area contributed by atoms with Gasteiger partial charge in [-0.3, -0.25) is 19.6 Å². The summed E-state index contributed by atoms with van der Waals surface area (Å²) in [5, 5.41) is 12.5. The Morgan fingerprint density at radius 3 is 2.55 bits per heavy atom. The molecule has 7 nitrogen and oxygen atoms in total. The summed E-state index contributed by atoms with van der Waals surface area (Å²) in [6.07, 6.45) is 0. The third-order valence-electron chi connectivity index (χ3n) is 4.25. The van der Waals surface area contributed by atoms with Gasteiger partial charge < -0.3 is 5.32 Å². The molecule has 0 saturated heterocycles. The largest absolute Gasteiger partial charge is 0.351 e. The summed E-state index contributed by atoms with van der Waals surface area (Å²) >= 11 is 1.32. The predicted octanol–water partition coefficient (Wildman–Crippen LogP) is 3.57. The third-order valence-corrected chi connectivity index (χ3v) is 5.05. The maximum Gasteiger partial charge on any atom is 0.275 e. The number of aromatic nitrogens is 3. The average Bonchev–Trinajstić information content (AvgIpc) is 3.27. The van der Waals surface area contributed by atoms with Gasteiger partial charge in [-0.05, 0) is 11.6 Å². The van der Waals surface area contributed by atoms with E-state index in [-0.39, 0.29) is 17.2 Å². The van der Waals surface area contributed by atoms with Gasteiger partial charge in [0.25, 0.3) is 5.91 Å². The maximum atomic E-state index is 13.0. The van der Waals surface area contributed by atoms with Crippen molar-refractivity contribution in [1.82, 2.24) is 20.1 Å². The van der Waals surface area contributed by atoms with E-state index in [4.69, 9.17) is 0 Å². The van der Waals surface area contributed by atoms with Crippen molar-refractivity contribution in [3.63, 3.8) is 0 Å². The number of nitrogens with zero attached hydrogens (tertiary/aromatic N) is 3. The fraction of sp³-hybridized carbons (Fsp3) is 0.333. The highest BCUT2D eigenvalue weighted by Gasteiger charge is 2.23. The van der Waals surface area contributed by atoms with E-state index in [1.54, 1.807) is 4.68 Å². The van der Waals surface area contributed by atoms with Crippen molar-refractivity contribution in [2.24, 2.45) is 0 Å². The van der Waals surface area contributed by atoms with Crippen LogP contribution in [0.1, 0.15) is 55.1 Å². The van der Waals surface area contributed by atoms with Crippen LogP contribution in [0, 0.1) is 0 Å². The Bertz CT molecular complexity index is 1000. The smallest absolute Gasteiger partial charge is 0.275 e. The monoisotopic (exact) mass is 411 g/mol. The molecule has 0 aliphatic carbocycles. The first-order chi connectivity index (χ1) is 13.7. The normalized spacial score (nSPS) is 11.3. The zero-order chi connectivity index (χ0) is 21.0. The van der Waals surface area contributed by atoms with Crippen molar-refractivity contribution < 1.29 is 9.59 Å². The number of benzene rings is 1. The summed E-state index contributed by atoms with van der Waals surface area (Å²) in [4.78, 5) is 28.4. The zero-order valence-electron chi connectivity index (χ0n) is 17.0. The molecule has 2 aromatic heterocycles. The van der Waals surface area contributed by atoms with E-state index in [0.29, 0.717) is 29.6 Å². The minimum absolute atomic E-state index is 0.122. The molecule has 0 bridgehead atoms. The van der Waals surface area contributed by atoms with Crippen LogP contribution in [0.5, 0.6) is 0 Å². The lowest BCUT2D eigenvalue weighted by atomic mass is 9.92. The first kappa shape index (κ1) is 20.7. The van der Waals surface area contributed by atoms with Crippen LogP contribution in [-0.4, -0.2) is 26.6 Å². The summed E-state index contributed by atoms with van der Waals surface area (Å²) in [7, 11) is 0. The lowest BCUT2D eigenvalue weighted by Gasteiger charge is -2.14. The number of thiazole rings is 1. The minimum atomic E-state index is -0.260.